The molecule has 1 N–H and O–H groups in total. The van der Waals surface area contributed by atoms with Gasteiger partial charge in [0.2, 0.25) is 5.91 Å². The van der Waals surface area contributed by atoms with Crippen molar-refractivity contribution in [2.75, 3.05) is 11.5 Å². The predicted molar refractivity (Wildman–Crippen MR) is 85.3 cm³/mol. The fraction of sp³-hybridized carbons (Fsp3) is 0.467. The third-order valence-corrected chi connectivity index (χ3v) is 4.89. The molecule has 2 rings (SSSR count). The molecule has 1 saturated carbocycles. The molecule has 0 unspecified atom stereocenters. The van der Waals surface area contributed by atoms with Crippen LogP contribution in [0.15, 0.2) is 28.7 Å². The van der Waals surface area contributed by atoms with Crippen molar-refractivity contribution in [2.45, 2.75) is 25.3 Å². The Balaban J connectivity index is 1.99. The van der Waals surface area contributed by atoms with Gasteiger partial charge >= 0.3 is 0 Å². The Hall–Kier alpha value is -0.990. The van der Waals surface area contributed by atoms with Gasteiger partial charge in [-0.3, -0.25) is 4.79 Å². The molecule has 0 aliphatic heterocycles. The summed E-state index contributed by atoms with van der Waals surface area (Å²) in [6.07, 6.45) is 3.59. The zero-order valence-electron chi connectivity index (χ0n) is 11.1. The lowest BCUT2D eigenvalue weighted by Crippen LogP contribution is -2.37. The van der Waals surface area contributed by atoms with Crippen LogP contribution in [0.25, 0.3) is 0 Å². The molecule has 1 fully saturated rings. The van der Waals surface area contributed by atoms with Crippen LogP contribution in [0.3, 0.4) is 0 Å². The van der Waals surface area contributed by atoms with Crippen molar-refractivity contribution in [3.05, 3.63) is 34.3 Å². The van der Waals surface area contributed by atoms with Crippen molar-refractivity contribution in [3.8, 4) is 6.07 Å². The summed E-state index contributed by atoms with van der Waals surface area (Å²) in [5.74, 6) is 1.28. The van der Waals surface area contributed by atoms with Crippen LogP contribution in [0.2, 0.25) is 0 Å². The van der Waals surface area contributed by atoms with Crippen LogP contribution >= 0.6 is 27.7 Å². The first-order chi connectivity index (χ1) is 9.70. The van der Waals surface area contributed by atoms with E-state index < -0.39 is 0 Å². The molecule has 0 radical (unpaired) electrons. The number of rotatable bonds is 6. The molecule has 106 valence electrons. The van der Waals surface area contributed by atoms with E-state index in [9.17, 15) is 4.79 Å². The molecule has 1 aromatic carbocycles. The number of hydrogen-bond donors (Lipinski definition) is 1. The Kier molecular flexibility index (Phi) is 5.93. The van der Waals surface area contributed by atoms with E-state index in [0.717, 1.165) is 10.0 Å². The molecule has 0 aromatic heterocycles. The van der Waals surface area contributed by atoms with Crippen molar-refractivity contribution in [3.63, 3.8) is 0 Å². The molecule has 5 heteroatoms. The van der Waals surface area contributed by atoms with Gasteiger partial charge in [-0.05, 0) is 36.5 Å². The van der Waals surface area contributed by atoms with Crippen molar-refractivity contribution < 1.29 is 4.79 Å². The van der Waals surface area contributed by atoms with E-state index >= 15 is 0 Å². The molecule has 20 heavy (non-hydrogen) atoms. The summed E-state index contributed by atoms with van der Waals surface area (Å²) < 4.78 is 1.05. The third-order valence-electron chi connectivity index (χ3n) is 3.57. The molecule has 0 heterocycles. The van der Waals surface area contributed by atoms with Crippen LogP contribution in [0.5, 0.6) is 0 Å². The Labute approximate surface area is 132 Å². The van der Waals surface area contributed by atoms with E-state index in [4.69, 9.17) is 5.26 Å². The zero-order valence-corrected chi connectivity index (χ0v) is 13.5. The van der Waals surface area contributed by atoms with Crippen LogP contribution in [0.1, 0.15) is 30.9 Å². The maximum atomic E-state index is 12.0. The van der Waals surface area contributed by atoms with Crippen LogP contribution in [-0.4, -0.2) is 17.4 Å². The Bertz CT molecular complexity index is 494. The summed E-state index contributed by atoms with van der Waals surface area (Å²) in [7, 11) is 0. The lowest BCUT2D eigenvalue weighted by atomic mass is 9.77. The number of carbonyl (C=O) groups excluding carboxylic acids is 1. The number of amides is 1. The SMILES string of the molecule is N#CCSCC(=O)N[C@H](c1ccc(Br)cc1)C1CCC1. The van der Waals surface area contributed by atoms with Crippen LogP contribution in [-0.2, 0) is 4.79 Å². The van der Waals surface area contributed by atoms with Gasteiger partial charge in [-0.2, -0.15) is 5.26 Å². The molecule has 1 aliphatic rings. The van der Waals surface area contributed by atoms with Gasteiger partial charge in [0.1, 0.15) is 0 Å². The van der Waals surface area contributed by atoms with E-state index in [-0.39, 0.29) is 11.9 Å². The minimum absolute atomic E-state index is 0.0186. The van der Waals surface area contributed by atoms with Crippen LogP contribution < -0.4 is 5.32 Å². The summed E-state index contributed by atoms with van der Waals surface area (Å²) in [6.45, 7) is 0. The van der Waals surface area contributed by atoms with E-state index in [1.54, 1.807) is 0 Å². The number of carbonyl (C=O) groups is 1. The number of nitriles is 1. The minimum atomic E-state index is 0.0186. The molecular weight excluding hydrogens is 336 g/mol. The lowest BCUT2D eigenvalue weighted by Gasteiger charge is -2.34. The number of benzene rings is 1. The van der Waals surface area contributed by atoms with Crippen LogP contribution in [0.4, 0.5) is 0 Å². The largest absolute Gasteiger partial charge is 0.348 e. The first-order valence-electron chi connectivity index (χ1n) is 6.70. The van der Waals surface area contributed by atoms with Gasteiger partial charge in [0, 0.05) is 4.47 Å². The number of nitrogens with one attached hydrogen (secondary N) is 1. The summed E-state index contributed by atoms with van der Waals surface area (Å²) in [5, 5.41) is 11.6. The molecule has 1 aliphatic carbocycles. The summed E-state index contributed by atoms with van der Waals surface area (Å²) in [5.41, 5.74) is 1.16. The molecule has 1 aromatic rings. The maximum absolute atomic E-state index is 12.0. The van der Waals surface area contributed by atoms with Gasteiger partial charge in [0.15, 0.2) is 0 Å². The van der Waals surface area contributed by atoms with Gasteiger partial charge in [0.25, 0.3) is 0 Å². The first-order valence-corrected chi connectivity index (χ1v) is 8.65. The standard InChI is InChI=1S/C15H17BrN2OS/c16-13-6-4-12(5-7-13)15(11-2-1-3-11)18-14(19)10-20-9-8-17/h4-7,11,15H,1-3,9-10H2,(H,18,19)/t15-/m0/s1. The van der Waals surface area contributed by atoms with E-state index in [1.807, 2.05) is 18.2 Å². The van der Waals surface area contributed by atoms with Gasteiger partial charge < -0.3 is 5.32 Å². The van der Waals surface area contributed by atoms with Crippen molar-refractivity contribution in [2.24, 2.45) is 5.92 Å². The second-order valence-electron chi connectivity index (χ2n) is 4.94. The first kappa shape index (κ1) is 15.4. The number of hydrogen-bond acceptors (Lipinski definition) is 3. The minimum Gasteiger partial charge on any atom is -0.348 e. The van der Waals surface area contributed by atoms with Gasteiger partial charge in [-0.15, -0.1) is 11.8 Å². The third kappa shape index (κ3) is 4.26. The molecular formula is C15H17BrN2OS. The number of thioether (sulfide) groups is 1. The fourth-order valence-corrected chi connectivity index (χ4v) is 3.05. The normalized spacial score (nSPS) is 16.0. The number of halogens is 1. The van der Waals surface area contributed by atoms with E-state index in [2.05, 4.69) is 33.4 Å². The Morgan fingerprint density at radius 1 is 1.45 bits per heavy atom. The molecule has 0 bridgehead atoms. The summed E-state index contributed by atoms with van der Waals surface area (Å²) in [6, 6.07) is 10.3. The molecule has 3 nitrogen and oxygen atoms in total. The second kappa shape index (κ2) is 7.70. The fourth-order valence-electron chi connectivity index (χ4n) is 2.32. The van der Waals surface area contributed by atoms with Crippen molar-refractivity contribution in [1.29, 1.82) is 5.26 Å². The molecule has 1 amide bonds. The summed E-state index contributed by atoms with van der Waals surface area (Å²) >= 11 is 4.79. The van der Waals surface area contributed by atoms with Gasteiger partial charge in [0.05, 0.1) is 23.6 Å². The van der Waals surface area contributed by atoms with Gasteiger partial charge in [-0.1, -0.05) is 34.5 Å². The highest BCUT2D eigenvalue weighted by atomic mass is 79.9. The van der Waals surface area contributed by atoms with E-state index in [0.29, 0.717) is 17.4 Å². The quantitative estimate of drug-likeness (QED) is 0.794. The highest BCUT2D eigenvalue weighted by molar-refractivity contribution is 9.10. The average Bonchev–Trinajstić information content (AvgIpc) is 2.37. The zero-order chi connectivity index (χ0) is 14.4. The predicted octanol–water partition coefficient (Wildman–Crippen LogP) is 3.66. The topological polar surface area (TPSA) is 52.9 Å². The van der Waals surface area contributed by atoms with Crippen LogP contribution in [0, 0.1) is 17.2 Å². The van der Waals surface area contributed by atoms with Gasteiger partial charge in [-0.25, -0.2) is 0 Å². The lowest BCUT2D eigenvalue weighted by molar-refractivity contribution is -0.119. The Morgan fingerprint density at radius 3 is 2.70 bits per heavy atom. The smallest absolute Gasteiger partial charge is 0.230 e. The number of nitrogens with zero attached hydrogens (tertiary/aromatic N) is 1. The highest BCUT2D eigenvalue weighted by Gasteiger charge is 2.29. The Morgan fingerprint density at radius 2 is 2.15 bits per heavy atom. The second-order valence-corrected chi connectivity index (χ2v) is 6.84. The molecule has 1 atom stereocenters. The maximum Gasteiger partial charge on any atom is 0.230 e. The van der Waals surface area contributed by atoms with Crippen molar-refractivity contribution in [1.82, 2.24) is 5.32 Å². The molecule has 0 saturated heterocycles. The summed E-state index contributed by atoms with van der Waals surface area (Å²) in [4.78, 5) is 12.0. The van der Waals surface area contributed by atoms with Crippen molar-refractivity contribution >= 4 is 33.6 Å². The van der Waals surface area contributed by atoms with E-state index in [1.165, 1.54) is 31.0 Å². The average molecular weight is 353 g/mol. The highest BCUT2D eigenvalue weighted by Crippen LogP contribution is 2.38. The monoisotopic (exact) mass is 352 g/mol. The molecule has 0 spiro atoms.